The zero-order valence-corrected chi connectivity index (χ0v) is 16.4. The highest BCUT2D eigenvalue weighted by Gasteiger charge is 2.34. The maximum atomic E-state index is 13.4. The molecule has 0 unspecified atom stereocenters. The molecule has 4 rings (SSSR count). The van der Waals surface area contributed by atoms with Gasteiger partial charge in [-0.3, -0.25) is 4.79 Å². The Morgan fingerprint density at radius 3 is 2.21 bits per heavy atom. The maximum Gasteiger partial charge on any atom is 0.341 e. The molecule has 0 atom stereocenters. The van der Waals surface area contributed by atoms with E-state index >= 15 is 0 Å². The molecule has 2 aromatic heterocycles. The van der Waals surface area contributed by atoms with E-state index in [1.54, 1.807) is 34.9 Å². The highest BCUT2D eigenvalue weighted by atomic mass is 16.5. The highest BCUT2D eigenvalue weighted by Crippen LogP contribution is 2.34. The van der Waals surface area contributed by atoms with E-state index < -0.39 is 11.9 Å². The van der Waals surface area contributed by atoms with Crippen LogP contribution in [-0.2, 0) is 22.3 Å². The minimum absolute atomic E-state index is 0.0489. The molecule has 0 radical (unpaired) electrons. The molecule has 0 amide bonds. The molecule has 2 heterocycles. The Bertz CT molecular complexity index is 1130. The van der Waals surface area contributed by atoms with Crippen LogP contribution in [0.5, 0.6) is 0 Å². The lowest BCUT2D eigenvalue weighted by Crippen LogP contribution is -2.15. The average molecular weight is 391 g/mol. The maximum absolute atomic E-state index is 13.4. The molecule has 148 valence electrons. The van der Waals surface area contributed by atoms with Crippen molar-refractivity contribution in [3.05, 3.63) is 76.1 Å². The number of aromatic nitrogens is 1. The minimum Gasteiger partial charge on any atom is -0.465 e. The van der Waals surface area contributed by atoms with Gasteiger partial charge >= 0.3 is 11.9 Å². The lowest BCUT2D eigenvalue weighted by atomic mass is 9.90. The fraction of sp³-hybridized carbons (Fsp3) is 0.261. The molecule has 0 fully saturated rings. The van der Waals surface area contributed by atoms with Crippen LogP contribution in [0, 0.1) is 0 Å². The van der Waals surface area contributed by atoms with Gasteiger partial charge < -0.3 is 13.9 Å². The molecule has 0 N–H and O–H groups in total. The quantitative estimate of drug-likeness (QED) is 0.502. The van der Waals surface area contributed by atoms with Crippen LogP contribution in [-0.4, -0.2) is 36.3 Å². The number of hydrogen-bond acceptors (Lipinski definition) is 5. The smallest absolute Gasteiger partial charge is 0.341 e. The molecule has 0 saturated carbocycles. The third-order valence-electron chi connectivity index (χ3n) is 5.46. The summed E-state index contributed by atoms with van der Waals surface area (Å²) in [5.41, 5.74) is 3.26. The molecule has 6 heteroatoms. The van der Waals surface area contributed by atoms with Crippen LogP contribution in [0.2, 0.25) is 0 Å². The standard InChI is InChI=1S/C23H21NO5/c1-28-22(26)17-18(23(27)29-2)20(21(25)15-9-4-3-5-10-15)24-13-12-14-8-6-7-11-16(14)19(17)24/h3-5,9-10,12-13H,6-8,11H2,1-2H3. The topological polar surface area (TPSA) is 74.1 Å². The first-order valence-corrected chi connectivity index (χ1v) is 9.53. The summed E-state index contributed by atoms with van der Waals surface area (Å²) in [4.78, 5) is 38.9. The Morgan fingerprint density at radius 1 is 0.862 bits per heavy atom. The molecule has 3 aromatic rings. The minimum atomic E-state index is -0.738. The van der Waals surface area contributed by atoms with Gasteiger partial charge in [0.25, 0.3) is 0 Å². The van der Waals surface area contributed by atoms with Crippen molar-refractivity contribution in [1.29, 1.82) is 0 Å². The number of nitrogens with zero attached hydrogens (tertiary/aromatic N) is 1. The summed E-state index contributed by atoms with van der Waals surface area (Å²) in [6.45, 7) is 0. The first kappa shape index (κ1) is 18.9. The van der Waals surface area contributed by atoms with Crippen molar-refractivity contribution < 1.29 is 23.9 Å². The Labute approximate surface area is 168 Å². The van der Waals surface area contributed by atoms with Gasteiger partial charge in [0.15, 0.2) is 0 Å². The van der Waals surface area contributed by atoms with Crippen LogP contribution in [0.4, 0.5) is 0 Å². The van der Waals surface area contributed by atoms with Crippen LogP contribution in [0.25, 0.3) is 5.52 Å². The number of fused-ring (bicyclic) bond motifs is 3. The molecule has 29 heavy (non-hydrogen) atoms. The summed E-state index contributed by atoms with van der Waals surface area (Å²) in [7, 11) is 2.50. The lowest BCUT2D eigenvalue weighted by molar-refractivity contribution is 0.0556. The van der Waals surface area contributed by atoms with Gasteiger partial charge in [-0.2, -0.15) is 0 Å². The fourth-order valence-electron chi connectivity index (χ4n) is 4.13. The van der Waals surface area contributed by atoms with Crippen LogP contribution in [0.15, 0.2) is 42.6 Å². The monoisotopic (exact) mass is 391 g/mol. The highest BCUT2D eigenvalue weighted by molar-refractivity contribution is 6.20. The van der Waals surface area contributed by atoms with Crippen LogP contribution in [0.3, 0.4) is 0 Å². The summed E-state index contributed by atoms with van der Waals surface area (Å²) >= 11 is 0. The third-order valence-corrected chi connectivity index (χ3v) is 5.46. The number of ether oxygens (including phenoxy) is 2. The lowest BCUT2D eigenvalue weighted by Gasteiger charge is -2.18. The van der Waals surface area contributed by atoms with Crippen LogP contribution >= 0.6 is 0 Å². The van der Waals surface area contributed by atoms with Crippen molar-refractivity contribution in [3.8, 4) is 0 Å². The molecule has 1 aliphatic rings. The zero-order valence-electron chi connectivity index (χ0n) is 16.4. The molecule has 0 spiro atoms. The number of benzene rings is 1. The molecule has 1 aliphatic carbocycles. The molecule has 1 aromatic carbocycles. The van der Waals surface area contributed by atoms with Gasteiger partial charge in [0.05, 0.1) is 19.7 Å². The van der Waals surface area contributed by atoms with Crippen LogP contribution < -0.4 is 0 Å². The van der Waals surface area contributed by atoms with Gasteiger partial charge in [-0.25, -0.2) is 9.59 Å². The first-order valence-electron chi connectivity index (χ1n) is 9.53. The second-order valence-corrected chi connectivity index (χ2v) is 7.02. The van der Waals surface area contributed by atoms with E-state index in [0.717, 1.165) is 36.8 Å². The molecule has 0 saturated heterocycles. The predicted molar refractivity (Wildman–Crippen MR) is 107 cm³/mol. The number of pyridine rings is 1. The number of methoxy groups -OCH3 is 2. The SMILES string of the molecule is COC(=O)c1c(C(=O)OC)c2c3c(ccn2c1C(=O)c1ccccc1)CCCC3. The van der Waals surface area contributed by atoms with Crippen molar-refractivity contribution >= 4 is 23.2 Å². The van der Waals surface area contributed by atoms with Gasteiger partial charge in [0.2, 0.25) is 5.78 Å². The van der Waals surface area contributed by atoms with E-state index in [1.165, 1.54) is 14.2 Å². The van der Waals surface area contributed by atoms with E-state index in [9.17, 15) is 14.4 Å². The van der Waals surface area contributed by atoms with Gasteiger partial charge in [-0.15, -0.1) is 0 Å². The van der Waals surface area contributed by atoms with Crippen molar-refractivity contribution in [1.82, 2.24) is 4.40 Å². The second-order valence-electron chi connectivity index (χ2n) is 7.02. The average Bonchev–Trinajstić information content (AvgIpc) is 3.13. The van der Waals surface area contributed by atoms with Gasteiger partial charge in [-0.05, 0) is 42.9 Å². The van der Waals surface area contributed by atoms with Crippen molar-refractivity contribution in [2.75, 3.05) is 14.2 Å². The predicted octanol–water partition coefficient (Wildman–Crippen LogP) is 3.62. The largest absolute Gasteiger partial charge is 0.465 e. The first-order chi connectivity index (χ1) is 14.1. The van der Waals surface area contributed by atoms with E-state index in [0.29, 0.717) is 11.1 Å². The summed E-state index contributed by atoms with van der Waals surface area (Å²) in [6, 6.07) is 10.6. The van der Waals surface area contributed by atoms with Gasteiger partial charge in [-0.1, -0.05) is 30.3 Å². The third kappa shape index (κ3) is 3.01. The van der Waals surface area contributed by atoms with E-state index in [2.05, 4.69) is 0 Å². The van der Waals surface area contributed by atoms with Gasteiger partial charge in [0.1, 0.15) is 16.8 Å². The Balaban J connectivity index is 2.13. The zero-order chi connectivity index (χ0) is 20.5. The second kappa shape index (κ2) is 7.54. The summed E-state index contributed by atoms with van der Waals surface area (Å²) in [5, 5.41) is 0. The van der Waals surface area contributed by atoms with Crippen molar-refractivity contribution in [2.45, 2.75) is 25.7 Å². The Morgan fingerprint density at radius 2 is 1.52 bits per heavy atom. The Hall–Kier alpha value is -3.41. The van der Waals surface area contributed by atoms with Crippen molar-refractivity contribution in [2.24, 2.45) is 0 Å². The van der Waals surface area contributed by atoms with Crippen molar-refractivity contribution in [3.63, 3.8) is 0 Å². The molecular weight excluding hydrogens is 370 g/mol. The fourth-order valence-corrected chi connectivity index (χ4v) is 4.13. The summed E-state index contributed by atoms with van der Waals surface area (Å²) in [6.07, 6.45) is 5.47. The Kier molecular flexibility index (Phi) is 4.92. The summed E-state index contributed by atoms with van der Waals surface area (Å²) in [5.74, 6) is -1.75. The number of esters is 2. The number of carbonyl (C=O) groups excluding carboxylic acids is 3. The van der Waals surface area contributed by atoms with E-state index in [4.69, 9.17) is 9.47 Å². The molecular formula is C23H21NO5. The van der Waals surface area contributed by atoms with Crippen LogP contribution in [0.1, 0.15) is 60.7 Å². The summed E-state index contributed by atoms with van der Waals surface area (Å²) < 4.78 is 11.6. The number of carbonyl (C=O) groups is 3. The molecule has 6 nitrogen and oxygen atoms in total. The van der Waals surface area contributed by atoms with E-state index in [-0.39, 0.29) is 22.6 Å². The number of rotatable bonds is 4. The van der Waals surface area contributed by atoms with Gasteiger partial charge in [0, 0.05) is 11.8 Å². The number of hydrogen-bond donors (Lipinski definition) is 0. The normalized spacial score (nSPS) is 13.0. The number of ketones is 1. The van der Waals surface area contributed by atoms with E-state index in [1.807, 2.05) is 12.1 Å². The number of aryl methyl sites for hydroxylation is 2. The molecule has 0 bridgehead atoms. The molecule has 0 aliphatic heterocycles.